The fourth-order valence-corrected chi connectivity index (χ4v) is 1.99. The first kappa shape index (κ1) is 14.8. The molecule has 4 nitrogen and oxygen atoms in total. The Kier molecular flexibility index (Phi) is 4.61. The van der Waals surface area contributed by atoms with Crippen LogP contribution >= 0.6 is 15.9 Å². The molecule has 0 radical (unpaired) electrons. The summed E-state index contributed by atoms with van der Waals surface area (Å²) in [5, 5.41) is 0. The van der Waals surface area contributed by atoms with E-state index in [1.165, 1.54) is 18.5 Å². The van der Waals surface area contributed by atoms with Crippen LogP contribution in [-0.2, 0) is 6.42 Å². The third kappa shape index (κ3) is 3.71. The van der Waals surface area contributed by atoms with E-state index in [0.717, 1.165) is 11.6 Å². The summed E-state index contributed by atoms with van der Waals surface area (Å²) in [5.41, 5.74) is 6.50. The molecule has 0 amide bonds. The van der Waals surface area contributed by atoms with Gasteiger partial charge in [-0.1, -0.05) is 15.9 Å². The number of hydrogen-bond acceptors (Lipinski definition) is 4. The van der Waals surface area contributed by atoms with E-state index in [0.29, 0.717) is 10.9 Å². The molecule has 1 unspecified atom stereocenters. The molecule has 1 aromatic heterocycles. The number of nitrogens with two attached hydrogens (primary N) is 1. The Morgan fingerprint density at radius 2 is 1.95 bits per heavy atom. The summed E-state index contributed by atoms with van der Waals surface area (Å²) in [5.74, 6) is -2.38. The van der Waals surface area contributed by atoms with E-state index in [1.807, 2.05) is 6.92 Å². The van der Waals surface area contributed by atoms with Crippen LogP contribution in [0.3, 0.4) is 0 Å². The van der Waals surface area contributed by atoms with Gasteiger partial charge in [-0.2, -0.15) is 4.39 Å². The molecule has 0 aliphatic rings. The lowest BCUT2D eigenvalue weighted by atomic mass is 10.1. The molecule has 2 aromatic rings. The van der Waals surface area contributed by atoms with Gasteiger partial charge >= 0.3 is 6.01 Å². The summed E-state index contributed by atoms with van der Waals surface area (Å²) >= 11 is 3.06. The van der Waals surface area contributed by atoms with Gasteiger partial charge in [-0.3, -0.25) is 0 Å². The van der Waals surface area contributed by atoms with Gasteiger partial charge < -0.3 is 10.5 Å². The van der Waals surface area contributed by atoms with E-state index >= 15 is 0 Å². The van der Waals surface area contributed by atoms with Crippen LogP contribution in [-0.4, -0.2) is 16.0 Å². The van der Waals surface area contributed by atoms with E-state index in [9.17, 15) is 8.78 Å². The highest BCUT2D eigenvalue weighted by atomic mass is 79.9. The summed E-state index contributed by atoms with van der Waals surface area (Å²) in [6, 6.07) is 2.24. The second-order valence-electron chi connectivity index (χ2n) is 4.36. The Morgan fingerprint density at radius 1 is 1.30 bits per heavy atom. The lowest BCUT2D eigenvalue weighted by Gasteiger charge is -2.07. The Balaban J connectivity index is 2.18. The van der Waals surface area contributed by atoms with Crippen molar-refractivity contribution < 1.29 is 13.5 Å². The molecule has 2 rings (SSSR count). The zero-order valence-electron chi connectivity index (χ0n) is 10.6. The molecular weight excluding hydrogens is 332 g/mol. The van der Waals surface area contributed by atoms with Gasteiger partial charge in [0.1, 0.15) is 0 Å². The fourth-order valence-electron chi connectivity index (χ4n) is 1.58. The Bertz CT molecular complexity index is 605. The number of hydrogen-bond donors (Lipinski definition) is 1. The first-order valence-electron chi connectivity index (χ1n) is 5.84. The number of rotatable bonds is 4. The smallest absolute Gasteiger partial charge is 0.321 e. The molecular formula is C13H12BrF2N3O. The van der Waals surface area contributed by atoms with Crippen molar-refractivity contribution in [2.75, 3.05) is 0 Å². The molecule has 0 bridgehead atoms. The van der Waals surface area contributed by atoms with E-state index in [2.05, 4.69) is 25.9 Å². The number of benzene rings is 1. The molecule has 7 heteroatoms. The standard InChI is InChI=1S/C13H12BrF2N3O/c1-7(17)2-8-5-18-13(19-6-8)20-11-4-9(14)3-10(15)12(11)16/h3-7H,2,17H2,1H3. The number of ether oxygens (including phenoxy) is 1. The van der Waals surface area contributed by atoms with Crippen LogP contribution < -0.4 is 10.5 Å². The summed E-state index contributed by atoms with van der Waals surface area (Å²) in [4.78, 5) is 7.87. The molecule has 0 aliphatic carbocycles. The molecule has 1 aromatic carbocycles. The van der Waals surface area contributed by atoms with Crippen molar-refractivity contribution in [1.29, 1.82) is 0 Å². The van der Waals surface area contributed by atoms with Crippen molar-refractivity contribution in [1.82, 2.24) is 9.97 Å². The average Bonchev–Trinajstić information content (AvgIpc) is 2.37. The van der Waals surface area contributed by atoms with Crippen LogP contribution in [0.2, 0.25) is 0 Å². The number of halogens is 3. The van der Waals surface area contributed by atoms with E-state index in [-0.39, 0.29) is 17.8 Å². The van der Waals surface area contributed by atoms with Gasteiger partial charge in [0.2, 0.25) is 5.82 Å². The first-order valence-corrected chi connectivity index (χ1v) is 6.64. The molecule has 0 fully saturated rings. The summed E-state index contributed by atoms with van der Waals surface area (Å²) in [6.45, 7) is 1.87. The molecule has 1 atom stereocenters. The van der Waals surface area contributed by atoms with Crippen LogP contribution in [0, 0.1) is 11.6 Å². The van der Waals surface area contributed by atoms with Crippen molar-refractivity contribution in [3.05, 3.63) is 46.2 Å². The van der Waals surface area contributed by atoms with E-state index in [1.54, 1.807) is 0 Å². The Morgan fingerprint density at radius 3 is 2.55 bits per heavy atom. The van der Waals surface area contributed by atoms with Crippen LogP contribution in [0.25, 0.3) is 0 Å². The lowest BCUT2D eigenvalue weighted by molar-refractivity contribution is 0.392. The Labute approximate surface area is 123 Å². The zero-order valence-corrected chi connectivity index (χ0v) is 12.2. The van der Waals surface area contributed by atoms with Gasteiger partial charge in [0.05, 0.1) is 0 Å². The zero-order chi connectivity index (χ0) is 14.7. The largest absolute Gasteiger partial charge is 0.421 e. The number of nitrogens with zero attached hydrogens (tertiary/aromatic N) is 2. The minimum absolute atomic E-state index is 0.0120. The van der Waals surface area contributed by atoms with Crippen LogP contribution in [0.5, 0.6) is 11.8 Å². The highest BCUT2D eigenvalue weighted by molar-refractivity contribution is 9.10. The molecule has 0 spiro atoms. The predicted molar refractivity (Wildman–Crippen MR) is 73.5 cm³/mol. The molecule has 20 heavy (non-hydrogen) atoms. The molecule has 0 aliphatic heterocycles. The third-order valence-electron chi connectivity index (χ3n) is 2.40. The topological polar surface area (TPSA) is 61.0 Å². The van der Waals surface area contributed by atoms with E-state index in [4.69, 9.17) is 10.5 Å². The summed E-state index contributed by atoms with van der Waals surface area (Å²) in [7, 11) is 0. The SMILES string of the molecule is CC(N)Cc1cnc(Oc2cc(Br)cc(F)c2F)nc1. The third-order valence-corrected chi connectivity index (χ3v) is 2.86. The normalized spacial score (nSPS) is 12.2. The van der Waals surface area contributed by atoms with Crippen molar-refractivity contribution in [3.8, 4) is 11.8 Å². The summed E-state index contributed by atoms with van der Waals surface area (Å²) < 4.78 is 32.2. The van der Waals surface area contributed by atoms with Gasteiger partial charge in [0, 0.05) is 22.9 Å². The Hall–Kier alpha value is -1.60. The van der Waals surface area contributed by atoms with Crippen molar-refractivity contribution in [2.24, 2.45) is 5.73 Å². The van der Waals surface area contributed by atoms with Gasteiger partial charge in [-0.15, -0.1) is 0 Å². The maximum atomic E-state index is 13.5. The van der Waals surface area contributed by atoms with Crippen LogP contribution in [0.15, 0.2) is 29.0 Å². The molecule has 1 heterocycles. The van der Waals surface area contributed by atoms with Gasteiger partial charge in [0.25, 0.3) is 0 Å². The van der Waals surface area contributed by atoms with Crippen LogP contribution in [0.1, 0.15) is 12.5 Å². The highest BCUT2D eigenvalue weighted by Gasteiger charge is 2.13. The second kappa shape index (κ2) is 6.23. The quantitative estimate of drug-likeness (QED) is 0.866. The molecule has 2 N–H and O–H groups in total. The van der Waals surface area contributed by atoms with Gasteiger partial charge in [-0.05, 0) is 31.0 Å². The minimum atomic E-state index is -1.09. The van der Waals surface area contributed by atoms with Gasteiger partial charge in [0.15, 0.2) is 11.6 Å². The van der Waals surface area contributed by atoms with Crippen molar-refractivity contribution in [2.45, 2.75) is 19.4 Å². The van der Waals surface area contributed by atoms with Crippen molar-refractivity contribution >= 4 is 15.9 Å². The highest BCUT2D eigenvalue weighted by Crippen LogP contribution is 2.28. The second-order valence-corrected chi connectivity index (χ2v) is 5.27. The molecule has 106 valence electrons. The monoisotopic (exact) mass is 343 g/mol. The molecule has 0 saturated heterocycles. The van der Waals surface area contributed by atoms with Crippen LogP contribution in [0.4, 0.5) is 8.78 Å². The van der Waals surface area contributed by atoms with Gasteiger partial charge in [-0.25, -0.2) is 14.4 Å². The minimum Gasteiger partial charge on any atom is -0.421 e. The average molecular weight is 344 g/mol. The lowest BCUT2D eigenvalue weighted by Crippen LogP contribution is -2.18. The summed E-state index contributed by atoms with van der Waals surface area (Å²) in [6.07, 6.45) is 3.70. The maximum Gasteiger partial charge on any atom is 0.321 e. The molecule has 0 saturated carbocycles. The van der Waals surface area contributed by atoms with E-state index < -0.39 is 11.6 Å². The first-order chi connectivity index (χ1) is 9.45. The van der Waals surface area contributed by atoms with Crippen molar-refractivity contribution in [3.63, 3.8) is 0 Å². The maximum absolute atomic E-state index is 13.5. The predicted octanol–water partition coefficient (Wildman–Crippen LogP) is 3.20. The fraction of sp³-hybridized carbons (Fsp3) is 0.231. The number of aromatic nitrogens is 2.